The average Bonchev–Trinajstić information content (AvgIpc) is 2.81. The van der Waals surface area contributed by atoms with Crippen molar-refractivity contribution in [2.75, 3.05) is 5.75 Å². The first-order valence-corrected chi connectivity index (χ1v) is 12.5. The van der Waals surface area contributed by atoms with E-state index in [2.05, 4.69) is 18.6 Å². The van der Waals surface area contributed by atoms with Crippen LogP contribution in [0.4, 0.5) is 8.78 Å². The van der Waals surface area contributed by atoms with Crippen molar-refractivity contribution in [1.29, 1.82) is 0 Å². The van der Waals surface area contributed by atoms with E-state index < -0.39 is 6.61 Å². The van der Waals surface area contributed by atoms with Crippen molar-refractivity contribution in [3.8, 4) is 5.75 Å². The molecule has 0 N–H and O–H groups in total. The van der Waals surface area contributed by atoms with Crippen LogP contribution in [0.2, 0.25) is 0 Å². The summed E-state index contributed by atoms with van der Waals surface area (Å²) >= 11 is 1.17. The quantitative estimate of drug-likeness (QED) is 0.223. The number of hydrogen-bond donors (Lipinski definition) is 0. The molecule has 3 atom stereocenters. The maximum atomic E-state index is 13.6. The number of Topliss-reactive ketones (excluding diaryl/α,β-unsaturated/α-hetero) is 1. The Bertz CT molecular complexity index is 1260. The van der Waals surface area contributed by atoms with Gasteiger partial charge in [-0.05, 0) is 49.4 Å². The van der Waals surface area contributed by atoms with Gasteiger partial charge in [0.05, 0.1) is 22.2 Å². The molecule has 180 valence electrons. The SMILES string of the molecule is Cc1ccc(OC(F)F)c(C(=O)CSc2nc3ccccc3c(=O)n2[C@@H]2CCC[C@@H](C)[C@H]2C)c1. The number of hydrogen-bond acceptors (Lipinski definition) is 5. The molecule has 0 spiro atoms. The molecule has 1 saturated carbocycles. The van der Waals surface area contributed by atoms with E-state index in [9.17, 15) is 18.4 Å². The summed E-state index contributed by atoms with van der Waals surface area (Å²) in [7, 11) is 0. The second kappa shape index (κ2) is 10.3. The summed E-state index contributed by atoms with van der Waals surface area (Å²) in [6.07, 6.45) is 3.02. The van der Waals surface area contributed by atoms with E-state index in [4.69, 9.17) is 4.98 Å². The number of carbonyl (C=O) groups is 1. The van der Waals surface area contributed by atoms with Crippen molar-refractivity contribution in [3.63, 3.8) is 0 Å². The molecule has 34 heavy (non-hydrogen) atoms. The molecule has 5 nitrogen and oxygen atoms in total. The van der Waals surface area contributed by atoms with Gasteiger partial charge in [0.2, 0.25) is 0 Å². The molecular weight excluding hydrogens is 458 g/mol. The predicted molar refractivity (Wildman–Crippen MR) is 130 cm³/mol. The largest absolute Gasteiger partial charge is 0.434 e. The van der Waals surface area contributed by atoms with Crippen molar-refractivity contribution in [1.82, 2.24) is 9.55 Å². The Morgan fingerprint density at radius 3 is 2.74 bits per heavy atom. The number of aromatic nitrogens is 2. The van der Waals surface area contributed by atoms with Crippen LogP contribution in [0.15, 0.2) is 52.4 Å². The van der Waals surface area contributed by atoms with Crippen LogP contribution in [0.3, 0.4) is 0 Å². The highest BCUT2D eigenvalue weighted by Crippen LogP contribution is 2.39. The molecule has 2 aromatic carbocycles. The topological polar surface area (TPSA) is 61.2 Å². The maximum Gasteiger partial charge on any atom is 0.387 e. The second-order valence-corrected chi connectivity index (χ2v) is 9.95. The fourth-order valence-electron chi connectivity index (χ4n) is 4.71. The lowest BCUT2D eigenvalue weighted by atomic mass is 9.78. The molecule has 8 heteroatoms. The molecule has 1 aliphatic rings. The molecule has 0 radical (unpaired) electrons. The van der Waals surface area contributed by atoms with Crippen LogP contribution < -0.4 is 10.3 Å². The number of ether oxygens (including phenoxy) is 1. The number of aryl methyl sites for hydroxylation is 1. The van der Waals surface area contributed by atoms with Gasteiger partial charge in [-0.3, -0.25) is 14.2 Å². The summed E-state index contributed by atoms with van der Waals surface area (Å²) in [6, 6.07) is 11.7. The molecule has 0 amide bonds. The molecule has 0 unspecified atom stereocenters. The number of ketones is 1. The first-order chi connectivity index (χ1) is 16.3. The molecule has 1 aliphatic carbocycles. The van der Waals surface area contributed by atoms with Crippen molar-refractivity contribution >= 4 is 28.4 Å². The zero-order valence-corrected chi connectivity index (χ0v) is 20.3. The third kappa shape index (κ3) is 5.02. The van der Waals surface area contributed by atoms with Gasteiger partial charge in [0.1, 0.15) is 5.75 Å². The highest BCUT2D eigenvalue weighted by molar-refractivity contribution is 7.99. The zero-order valence-electron chi connectivity index (χ0n) is 19.5. The van der Waals surface area contributed by atoms with Crippen LogP contribution in [0.1, 0.15) is 55.1 Å². The maximum absolute atomic E-state index is 13.6. The summed E-state index contributed by atoms with van der Waals surface area (Å²) < 4.78 is 32.0. The van der Waals surface area contributed by atoms with Gasteiger partial charge < -0.3 is 4.74 Å². The molecule has 1 fully saturated rings. The number of para-hydroxylation sites is 1. The lowest BCUT2D eigenvalue weighted by Crippen LogP contribution is -2.35. The summed E-state index contributed by atoms with van der Waals surface area (Å²) in [5.41, 5.74) is 1.33. The Morgan fingerprint density at radius 2 is 1.97 bits per heavy atom. The van der Waals surface area contributed by atoms with Crippen molar-refractivity contribution in [3.05, 3.63) is 63.9 Å². The molecule has 4 rings (SSSR count). The molecule has 1 aromatic heterocycles. The van der Waals surface area contributed by atoms with Crippen molar-refractivity contribution in [2.24, 2.45) is 11.8 Å². The van der Waals surface area contributed by atoms with E-state index >= 15 is 0 Å². The lowest BCUT2D eigenvalue weighted by molar-refractivity contribution is -0.0501. The molecule has 3 aromatic rings. The van der Waals surface area contributed by atoms with Crippen LogP contribution in [0.5, 0.6) is 5.75 Å². The highest BCUT2D eigenvalue weighted by atomic mass is 32.2. The Hall–Kier alpha value is -2.74. The fourth-order valence-corrected chi connectivity index (χ4v) is 5.64. The van der Waals surface area contributed by atoms with Crippen molar-refractivity contribution < 1.29 is 18.3 Å². The first kappa shape index (κ1) is 24.4. The number of carbonyl (C=O) groups excluding carboxylic acids is 1. The Balaban J connectivity index is 1.70. The third-order valence-corrected chi connectivity index (χ3v) is 7.71. The minimum atomic E-state index is -3.02. The molecule has 1 heterocycles. The van der Waals surface area contributed by atoms with Gasteiger partial charge >= 0.3 is 6.61 Å². The second-order valence-electron chi connectivity index (χ2n) is 9.01. The van der Waals surface area contributed by atoms with E-state index in [-0.39, 0.29) is 40.4 Å². The van der Waals surface area contributed by atoms with E-state index in [1.165, 1.54) is 17.8 Å². The van der Waals surface area contributed by atoms with Crippen LogP contribution >= 0.6 is 11.8 Å². The van der Waals surface area contributed by atoms with Crippen LogP contribution in [0.25, 0.3) is 10.9 Å². The summed E-state index contributed by atoms with van der Waals surface area (Å²) in [5.74, 6) is 0.197. The molecule has 0 aliphatic heterocycles. The minimum Gasteiger partial charge on any atom is -0.434 e. The van der Waals surface area contributed by atoms with Gasteiger partial charge in [-0.1, -0.05) is 62.2 Å². The van der Waals surface area contributed by atoms with E-state index in [1.807, 2.05) is 12.1 Å². The smallest absolute Gasteiger partial charge is 0.387 e. The van der Waals surface area contributed by atoms with Crippen LogP contribution in [-0.2, 0) is 0 Å². The summed E-state index contributed by atoms with van der Waals surface area (Å²) in [5, 5.41) is 1.03. The number of fused-ring (bicyclic) bond motifs is 1. The third-order valence-electron chi connectivity index (χ3n) is 6.75. The van der Waals surface area contributed by atoms with Gasteiger partial charge in [-0.15, -0.1) is 0 Å². The van der Waals surface area contributed by atoms with E-state index in [0.717, 1.165) is 24.8 Å². The van der Waals surface area contributed by atoms with Crippen LogP contribution in [-0.4, -0.2) is 27.7 Å². The number of benzene rings is 2. The van der Waals surface area contributed by atoms with Crippen molar-refractivity contribution in [2.45, 2.75) is 57.8 Å². The van der Waals surface area contributed by atoms with E-state index in [0.29, 0.717) is 22.0 Å². The standard InChI is InChI=1S/C26H28F2N2O3S/c1-15-11-12-23(33-25(27)28)19(13-15)22(31)14-34-26-29-20-9-5-4-8-18(20)24(32)30(26)21-10-6-7-16(2)17(21)3/h4-5,8-9,11-13,16-17,21,25H,6-7,10,14H2,1-3H3/t16-,17-,21-/m1/s1. The van der Waals surface area contributed by atoms with Gasteiger partial charge in [0.25, 0.3) is 5.56 Å². The first-order valence-electron chi connectivity index (χ1n) is 11.5. The Morgan fingerprint density at radius 1 is 1.21 bits per heavy atom. The Kier molecular flexibility index (Phi) is 7.36. The number of halogens is 2. The number of alkyl halides is 2. The minimum absolute atomic E-state index is 0.0114. The highest BCUT2D eigenvalue weighted by Gasteiger charge is 2.31. The van der Waals surface area contributed by atoms with Gasteiger partial charge in [-0.2, -0.15) is 8.78 Å². The molecular formula is C26H28F2N2O3S. The number of thioether (sulfide) groups is 1. The summed E-state index contributed by atoms with van der Waals surface area (Å²) in [4.78, 5) is 31.4. The normalized spacial score (nSPS) is 20.6. The number of rotatable bonds is 7. The summed E-state index contributed by atoms with van der Waals surface area (Å²) in [6.45, 7) is 3.12. The van der Waals surface area contributed by atoms with Crippen LogP contribution in [0, 0.1) is 18.8 Å². The van der Waals surface area contributed by atoms with Gasteiger partial charge in [0, 0.05) is 6.04 Å². The fraction of sp³-hybridized carbons (Fsp3) is 0.423. The predicted octanol–water partition coefficient (Wildman–Crippen LogP) is 6.28. The Labute approximate surface area is 201 Å². The monoisotopic (exact) mass is 486 g/mol. The molecule has 0 bridgehead atoms. The number of nitrogens with zero attached hydrogens (tertiary/aromatic N) is 2. The average molecular weight is 487 g/mol. The van der Waals surface area contributed by atoms with Gasteiger partial charge in [-0.25, -0.2) is 4.98 Å². The lowest BCUT2D eigenvalue weighted by Gasteiger charge is -2.36. The van der Waals surface area contributed by atoms with E-state index in [1.54, 1.807) is 35.8 Å². The molecule has 0 saturated heterocycles. The zero-order chi connectivity index (χ0) is 24.4. The van der Waals surface area contributed by atoms with Gasteiger partial charge in [0.15, 0.2) is 10.9 Å².